The van der Waals surface area contributed by atoms with Crippen molar-refractivity contribution >= 4 is 67.7 Å². The predicted molar refractivity (Wildman–Crippen MR) is 203 cm³/mol. The minimum Gasteiger partial charge on any atom is -0.453 e. The van der Waals surface area contributed by atoms with Crippen LogP contribution < -0.4 is 25.6 Å². The molecule has 0 atom stereocenters. The molecule has 7 aromatic carbocycles. The van der Waals surface area contributed by atoms with Crippen molar-refractivity contribution < 1.29 is 4.74 Å². The first-order valence-corrected chi connectivity index (χ1v) is 18.7. The van der Waals surface area contributed by atoms with Crippen LogP contribution >= 0.6 is 6.04 Å². The summed E-state index contributed by atoms with van der Waals surface area (Å²) in [5.41, 5.74) is 7.92. The van der Waals surface area contributed by atoms with Crippen molar-refractivity contribution in [2.45, 2.75) is 6.42 Å². The molecule has 2 aliphatic rings. The highest BCUT2D eigenvalue weighted by Gasteiger charge is 2.31. The number of hydrogen-bond donors (Lipinski definition) is 0. The van der Waals surface area contributed by atoms with Gasteiger partial charge in [-0.1, -0.05) is 145 Å². The average Bonchev–Trinajstić information content (AvgIpc) is 3.15. The molecule has 4 heteroatoms. The molecule has 224 valence electrons. The SMILES string of the molecule is S=P(c1ccccc1)(c1ccccc1)c1cccc(-c2ccc3c(c2)N(c2ccccc2)c2cc4cccc5c4c(c2O3)CC=C5)c1. The number of anilines is 3. The predicted octanol–water partition coefficient (Wildman–Crippen LogP) is 10.4. The maximum atomic E-state index is 6.85. The van der Waals surface area contributed by atoms with E-state index in [4.69, 9.17) is 16.5 Å². The fourth-order valence-corrected chi connectivity index (χ4v) is 10.9. The van der Waals surface area contributed by atoms with Gasteiger partial charge in [0.15, 0.2) is 11.5 Å². The summed E-state index contributed by atoms with van der Waals surface area (Å²) in [5, 5.41) is 6.07. The number of allylic oxidation sites excluding steroid dienone is 1. The molecule has 0 saturated carbocycles. The van der Waals surface area contributed by atoms with Crippen LogP contribution in [0, 0.1) is 0 Å². The number of rotatable bonds is 5. The van der Waals surface area contributed by atoms with Crippen LogP contribution in [0.15, 0.2) is 164 Å². The van der Waals surface area contributed by atoms with E-state index in [0.717, 1.165) is 46.1 Å². The van der Waals surface area contributed by atoms with Crippen molar-refractivity contribution in [1.82, 2.24) is 0 Å². The van der Waals surface area contributed by atoms with E-state index >= 15 is 0 Å². The Morgan fingerprint density at radius 3 is 1.98 bits per heavy atom. The highest BCUT2D eigenvalue weighted by atomic mass is 32.4. The van der Waals surface area contributed by atoms with Crippen LogP contribution in [0.5, 0.6) is 11.5 Å². The van der Waals surface area contributed by atoms with Gasteiger partial charge in [-0.15, -0.1) is 0 Å². The van der Waals surface area contributed by atoms with Crippen molar-refractivity contribution in [3.8, 4) is 22.6 Å². The van der Waals surface area contributed by atoms with Crippen LogP contribution in [-0.4, -0.2) is 0 Å². The van der Waals surface area contributed by atoms with Gasteiger partial charge >= 0.3 is 0 Å². The van der Waals surface area contributed by atoms with E-state index in [9.17, 15) is 0 Å². The molecule has 0 radical (unpaired) electrons. The second kappa shape index (κ2) is 11.2. The molecule has 1 heterocycles. The lowest BCUT2D eigenvalue weighted by Crippen LogP contribution is -2.24. The van der Waals surface area contributed by atoms with Crippen LogP contribution in [-0.2, 0) is 18.2 Å². The van der Waals surface area contributed by atoms with Gasteiger partial charge in [-0.3, -0.25) is 0 Å². The third kappa shape index (κ3) is 4.58. The Balaban J connectivity index is 1.21. The van der Waals surface area contributed by atoms with E-state index in [1.807, 2.05) is 0 Å². The molecule has 1 aliphatic carbocycles. The number of para-hydroxylation sites is 1. The smallest absolute Gasteiger partial charge is 0.155 e. The van der Waals surface area contributed by atoms with E-state index in [-0.39, 0.29) is 0 Å². The number of nitrogens with zero attached hydrogens (tertiary/aromatic N) is 1. The van der Waals surface area contributed by atoms with Crippen LogP contribution in [0.2, 0.25) is 0 Å². The molecule has 1 aliphatic heterocycles. The molecule has 0 amide bonds. The summed E-state index contributed by atoms with van der Waals surface area (Å²) in [6.45, 7) is 0. The van der Waals surface area contributed by atoms with Crippen molar-refractivity contribution in [1.29, 1.82) is 0 Å². The first-order chi connectivity index (χ1) is 23.2. The normalized spacial score (nSPS) is 13.1. The van der Waals surface area contributed by atoms with Gasteiger partial charge in [0.25, 0.3) is 0 Å². The van der Waals surface area contributed by atoms with Gasteiger partial charge in [-0.2, -0.15) is 0 Å². The second-order valence-corrected chi connectivity index (χ2v) is 16.5. The second-order valence-electron chi connectivity index (χ2n) is 12.0. The average molecular weight is 640 g/mol. The van der Waals surface area contributed by atoms with Gasteiger partial charge < -0.3 is 9.64 Å². The summed E-state index contributed by atoms with van der Waals surface area (Å²) in [6, 6.07) is 53.8. The topological polar surface area (TPSA) is 12.5 Å². The summed E-state index contributed by atoms with van der Waals surface area (Å²) >= 11 is 6.69. The Bertz CT molecular complexity index is 2340. The highest BCUT2D eigenvalue weighted by molar-refractivity contribution is 8.25. The molecule has 9 rings (SSSR count). The lowest BCUT2D eigenvalue weighted by atomic mass is 9.90. The monoisotopic (exact) mass is 639 g/mol. The molecule has 47 heavy (non-hydrogen) atoms. The van der Waals surface area contributed by atoms with E-state index in [0.29, 0.717) is 0 Å². The lowest BCUT2D eigenvalue weighted by Gasteiger charge is -2.35. The minimum absolute atomic E-state index is 0.842. The van der Waals surface area contributed by atoms with E-state index < -0.39 is 6.04 Å². The molecule has 2 nitrogen and oxygen atoms in total. The summed E-state index contributed by atoms with van der Waals surface area (Å²) in [4.78, 5) is 2.36. The maximum Gasteiger partial charge on any atom is 0.155 e. The maximum absolute atomic E-state index is 6.85. The molecular formula is C43H30NOPS. The Hall–Kier alpha value is -5.21. The largest absolute Gasteiger partial charge is 0.453 e. The fraction of sp³-hybridized carbons (Fsp3) is 0.0233. The zero-order chi connectivity index (χ0) is 31.4. The van der Waals surface area contributed by atoms with Crippen LogP contribution in [0.3, 0.4) is 0 Å². The Morgan fingerprint density at radius 2 is 1.23 bits per heavy atom. The van der Waals surface area contributed by atoms with E-state index in [2.05, 4.69) is 175 Å². The number of ether oxygens (including phenoxy) is 1. The van der Waals surface area contributed by atoms with Gasteiger partial charge in [0.2, 0.25) is 0 Å². The number of hydrogen-bond acceptors (Lipinski definition) is 3. The molecule has 0 N–H and O–H groups in total. The first-order valence-electron chi connectivity index (χ1n) is 15.9. The molecule has 0 aromatic heterocycles. The standard InChI is InChI=1S/C43H30NOPS/c47-46(35-19-6-2-7-20-35,36-21-8-3-9-22-36)37-23-11-15-31(27-37)32-25-26-41-39(28-32)44(34-17-4-1-5-18-34)40-29-33-16-10-13-30-14-12-24-38(42(30)33)43(40)45-41/h1-23,25-29H,24H2. The fourth-order valence-electron chi connectivity index (χ4n) is 7.11. The van der Waals surface area contributed by atoms with Gasteiger partial charge in [0.1, 0.15) is 0 Å². The molecular weight excluding hydrogens is 610 g/mol. The van der Waals surface area contributed by atoms with E-state index in [1.165, 1.54) is 37.8 Å². The highest BCUT2D eigenvalue weighted by Crippen LogP contribution is 2.55. The quantitative estimate of drug-likeness (QED) is 0.174. The van der Waals surface area contributed by atoms with Crippen LogP contribution in [0.4, 0.5) is 17.1 Å². The molecule has 0 saturated heterocycles. The zero-order valence-corrected chi connectivity index (χ0v) is 27.3. The van der Waals surface area contributed by atoms with Crippen LogP contribution in [0.1, 0.15) is 11.1 Å². The Labute approximate surface area is 280 Å². The summed E-state index contributed by atoms with van der Waals surface area (Å²) in [6.07, 6.45) is 5.31. The van der Waals surface area contributed by atoms with Crippen molar-refractivity contribution in [2.24, 2.45) is 0 Å². The van der Waals surface area contributed by atoms with Crippen molar-refractivity contribution in [3.05, 3.63) is 175 Å². The molecule has 7 aromatic rings. The van der Waals surface area contributed by atoms with Gasteiger partial charge in [0.05, 0.1) is 11.4 Å². The van der Waals surface area contributed by atoms with Crippen molar-refractivity contribution in [3.63, 3.8) is 0 Å². The first kappa shape index (κ1) is 28.0. The molecule has 0 unspecified atom stereocenters. The summed E-state index contributed by atoms with van der Waals surface area (Å²) in [7, 11) is 0. The van der Waals surface area contributed by atoms with Crippen LogP contribution in [0.25, 0.3) is 28.0 Å². The Kier molecular flexibility index (Phi) is 6.71. The molecule has 0 bridgehead atoms. The van der Waals surface area contributed by atoms with Gasteiger partial charge in [-0.05, 0) is 86.2 Å². The number of fused-ring (bicyclic) bond motifs is 3. The summed E-state index contributed by atoms with van der Waals surface area (Å²) in [5.74, 6) is 1.79. The number of benzene rings is 7. The van der Waals surface area contributed by atoms with E-state index in [1.54, 1.807) is 0 Å². The van der Waals surface area contributed by atoms with Gasteiger partial charge in [-0.25, -0.2) is 0 Å². The minimum atomic E-state index is -2.29. The lowest BCUT2D eigenvalue weighted by molar-refractivity contribution is 0.473. The molecule has 0 spiro atoms. The van der Waals surface area contributed by atoms with Crippen molar-refractivity contribution in [2.75, 3.05) is 4.90 Å². The Morgan fingerprint density at radius 1 is 0.574 bits per heavy atom. The zero-order valence-electron chi connectivity index (χ0n) is 25.6. The summed E-state index contributed by atoms with van der Waals surface area (Å²) < 4.78 is 6.85. The molecule has 0 fully saturated rings. The third-order valence-corrected chi connectivity index (χ3v) is 14.3. The van der Waals surface area contributed by atoms with Gasteiger partial charge in [0, 0.05) is 17.3 Å². The third-order valence-electron chi connectivity index (χ3n) is 9.30.